The molecule has 2 N–H and O–H groups in total. The van der Waals surface area contributed by atoms with E-state index in [0.29, 0.717) is 36.8 Å². The van der Waals surface area contributed by atoms with Gasteiger partial charge in [0.15, 0.2) is 6.61 Å². The predicted octanol–water partition coefficient (Wildman–Crippen LogP) is 3.01. The summed E-state index contributed by atoms with van der Waals surface area (Å²) in [6.07, 6.45) is 0.801. The number of carboxylic acids is 1. The molecule has 0 aromatic heterocycles. The van der Waals surface area contributed by atoms with E-state index >= 15 is 0 Å². The number of carboxylic acid groups (broad SMARTS) is 1. The van der Waals surface area contributed by atoms with Gasteiger partial charge in [-0.25, -0.2) is 0 Å². The van der Waals surface area contributed by atoms with Crippen LogP contribution in [0.2, 0.25) is 5.02 Å². The Kier molecular flexibility index (Phi) is 5.64. The van der Waals surface area contributed by atoms with E-state index in [9.17, 15) is 9.59 Å². The highest BCUT2D eigenvalue weighted by Crippen LogP contribution is 2.31. The van der Waals surface area contributed by atoms with E-state index in [0.717, 1.165) is 10.8 Å². The lowest BCUT2D eigenvalue weighted by atomic mass is 9.86. The molecule has 0 unspecified atom stereocenters. The Morgan fingerprint density at radius 3 is 2.54 bits per heavy atom. The highest BCUT2D eigenvalue weighted by molar-refractivity contribution is 6.35. The SMILES string of the molecule is O=C(O)CC1(NC(=O)COc2ccc(Cl)c3ccccc23)CCOCC1. The number of hydrogen-bond acceptors (Lipinski definition) is 4. The summed E-state index contributed by atoms with van der Waals surface area (Å²) in [4.78, 5) is 23.6. The Morgan fingerprint density at radius 2 is 1.85 bits per heavy atom. The van der Waals surface area contributed by atoms with Gasteiger partial charge in [-0.1, -0.05) is 35.9 Å². The van der Waals surface area contributed by atoms with Gasteiger partial charge in [-0.3, -0.25) is 9.59 Å². The summed E-state index contributed by atoms with van der Waals surface area (Å²) in [5.74, 6) is -0.747. The average molecular weight is 378 g/mol. The number of amides is 1. The molecule has 26 heavy (non-hydrogen) atoms. The topological polar surface area (TPSA) is 84.9 Å². The zero-order valence-corrected chi connectivity index (χ0v) is 14.9. The summed E-state index contributed by atoms with van der Waals surface area (Å²) in [5, 5.41) is 14.3. The molecular weight excluding hydrogens is 358 g/mol. The van der Waals surface area contributed by atoms with Crippen LogP contribution in [0.4, 0.5) is 0 Å². The number of fused-ring (bicyclic) bond motifs is 1. The predicted molar refractivity (Wildman–Crippen MR) is 97.6 cm³/mol. The van der Waals surface area contributed by atoms with Crippen LogP contribution in [-0.2, 0) is 14.3 Å². The fourth-order valence-corrected chi connectivity index (χ4v) is 3.46. The van der Waals surface area contributed by atoms with Gasteiger partial charge in [0.05, 0.1) is 12.0 Å². The molecule has 0 saturated carbocycles. The summed E-state index contributed by atoms with van der Waals surface area (Å²) in [5.41, 5.74) is -0.785. The van der Waals surface area contributed by atoms with Crippen LogP contribution in [-0.4, -0.2) is 42.3 Å². The first-order valence-electron chi connectivity index (χ1n) is 8.40. The summed E-state index contributed by atoms with van der Waals surface area (Å²) in [6, 6.07) is 11.0. The molecular formula is C19H20ClNO5. The van der Waals surface area contributed by atoms with Crippen molar-refractivity contribution in [1.82, 2.24) is 5.32 Å². The molecule has 0 bridgehead atoms. The van der Waals surface area contributed by atoms with Gasteiger partial charge in [0.2, 0.25) is 0 Å². The Morgan fingerprint density at radius 1 is 1.15 bits per heavy atom. The van der Waals surface area contributed by atoms with Crippen LogP contribution in [0.3, 0.4) is 0 Å². The van der Waals surface area contributed by atoms with Crippen molar-refractivity contribution in [2.45, 2.75) is 24.8 Å². The Hall–Kier alpha value is -2.31. The third kappa shape index (κ3) is 4.26. The zero-order valence-electron chi connectivity index (χ0n) is 14.2. The molecule has 1 heterocycles. The molecule has 7 heteroatoms. The molecule has 2 aromatic carbocycles. The number of benzene rings is 2. The molecule has 0 spiro atoms. The number of aliphatic carboxylic acids is 1. The maximum atomic E-state index is 12.4. The fourth-order valence-electron chi connectivity index (χ4n) is 3.23. The highest BCUT2D eigenvalue weighted by Gasteiger charge is 2.36. The third-order valence-electron chi connectivity index (χ3n) is 4.53. The first-order chi connectivity index (χ1) is 12.5. The molecule has 1 aliphatic heterocycles. The van der Waals surface area contributed by atoms with E-state index in [1.54, 1.807) is 12.1 Å². The Labute approximate surface area is 156 Å². The summed E-state index contributed by atoms with van der Waals surface area (Å²) < 4.78 is 11.0. The van der Waals surface area contributed by atoms with Crippen LogP contribution in [0.1, 0.15) is 19.3 Å². The maximum Gasteiger partial charge on any atom is 0.305 e. The van der Waals surface area contributed by atoms with Gasteiger partial charge < -0.3 is 19.9 Å². The number of carbonyl (C=O) groups is 2. The van der Waals surface area contributed by atoms with E-state index < -0.39 is 11.5 Å². The zero-order chi connectivity index (χ0) is 18.6. The van der Waals surface area contributed by atoms with Crippen LogP contribution in [0, 0.1) is 0 Å². The molecule has 0 atom stereocenters. The molecule has 2 aromatic rings. The number of carbonyl (C=O) groups excluding carboxylic acids is 1. The smallest absolute Gasteiger partial charge is 0.305 e. The lowest BCUT2D eigenvalue weighted by molar-refractivity contribution is -0.140. The Balaban J connectivity index is 1.69. The number of halogens is 1. The largest absolute Gasteiger partial charge is 0.483 e. The van der Waals surface area contributed by atoms with Gasteiger partial charge in [-0.2, -0.15) is 0 Å². The van der Waals surface area contributed by atoms with Crippen molar-refractivity contribution >= 4 is 34.2 Å². The van der Waals surface area contributed by atoms with Gasteiger partial charge in [0, 0.05) is 29.0 Å². The normalized spacial score (nSPS) is 16.2. The summed E-state index contributed by atoms with van der Waals surface area (Å²) in [7, 11) is 0. The van der Waals surface area contributed by atoms with Crippen LogP contribution in [0.25, 0.3) is 10.8 Å². The number of ether oxygens (including phenoxy) is 2. The molecule has 0 radical (unpaired) electrons. The van der Waals surface area contributed by atoms with Crippen LogP contribution in [0.5, 0.6) is 5.75 Å². The minimum atomic E-state index is -0.947. The van der Waals surface area contributed by atoms with Gasteiger partial charge in [0.1, 0.15) is 5.75 Å². The molecule has 0 aliphatic carbocycles. The highest BCUT2D eigenvalue weighted by atomic mass is 35.5. The number of nitrogens with one attached hydrogen (secondary N) is 1. The second kappa shape index (κ2) is 7.93. The molecule has 1 amide bonds. The van der Waals surface area contributed by atoms with E-state index in [-0.39, 0.29) is 18.9 Å². The second-order valence-corrected chi connectivity index (χ2v) is 6.80. The molecule has 3 rings (SSSR count). The second-order valence-electron chi connectivity index (χ2n) is 6.39. The van der Waals surface area contributed by atoms with Crippen molar-refractivity contribution < 1.29 is 24.2 Å². The van der Waals surface area contributed by atoms with Crippen molar-refractivity contribution in [3.8, 4) is 5.75 Å². The maximum absolute atomic E-state index is 12.4. The molecule has 1 aliphatic rings. The van der Waals surface area contributed by atoms with Crippen molar-refractivity contribution in [3.05, 3.63) is 41.4 Å². The first kappa shape index (κ1) is 18.5. The molecule has 138 valence electrons. The van der Waals surface area contributed by atoms with E-state index in [4.69, 9.17) is 26.2 Å². The summed E-state index contributed by atoms with van der Waals surface area (Å²) >= 11 is 6.18. The number of hydrogen-bond donors (Lipinski definition) is 2. The summed E-state index contributed by atoms with van der Waals surface area (Å²) in [6.45, 7) is 0.653. The molecule has 6 nitrogen and oxygen atoms in total. The van der Waals surface area contributed by atoms with Crippen molar-refractivity contribution in [2.75, 3.05) is 19.8 Å². The lowest BCUT2D eigenvalue weighted by Crippen LogP contribution is -2.54. The van der Waals surface area contributed by atoms with Gasteiger partial charge in [-0.05, 0) is 25.0 Å². The van der Waals surface area contributed by atoms with Crippen molar-refractivity contribution in [2.24, 2.45) is 0 Å². The van der Waals surface area contributed by atoms with Gasteiger partial charge >= 0.3 is 5.97 Å². The van der Waals surface area contributed by atoms with E-state index in [1.807, 2.05) is 24.3 Å². The minimum absolute atomic E-state index is 0.133. The van der Waals surface area contributed by atoms with E-state index in [2.05, 4.69) is 5.32 Å². The van der Waals surface area contributed by atoms with Crippen LogP contribution < -0.4 is 10.1 Å². The van der Waals surface area contributed by atoms with E-state index in [1.165, 1.54) is 0 Å². The third-order valence-corrected chi connectivity index (χ3v) is 4.86. The lowest BCUT2D eigenvalue weighted by Gasteiger charge is -2.36. The van der Waals surface area contributed by atoms with Crippen LogP contribution >= 0.6 is 11.6 Å². The van der Waals surface area contributed by atoms with Crippen molar-refractivity contribution in [1.29, 1.82) is 0 Å². The molecule has 1 fully saturated rings. The standard InChI is InChI=1S/C19H20ClNO5/c20-15-5-6-16(14-4-2-1-3-13(14)15)26-12-17(22)21-19(11-18(23)24)7-9-25-10-8-19/h1-6H,7-12H2,(H,21,22)(H,23,24). The number of rotatable bonds is 6. The Bertz CT molecular complexity index is 817. The van der Waals surface area contributed by atoms with Gasteiger partial charge in [0.25, 0.3) is 5.91 Å². The van der Waals surface area contributed by atoms with Crippen molar-refractivity contribution in [3.63, 3.8) is 0 Å². The monoisotopic (exact) mass is 377 g/mol. The minimum Gasteiger partial charge on any atom is -0.483 e. The molecule has 1 saturated heterocycles. The fraction of sp³-hybridized carbons (Fsp3) is 0.368. The van der Waals surface area contributed by atoms with Crippen LogP contribution in [0.15, 0.2) is 36.4 Å². The first-order valence-corrected chi connectivity index (χ1v) is 8.77. The van der Waals surface area contributed by atoms with Gasteiger partial charge in [-0.15, -0.1) is 0 Å². The average Bonchev–Trinajstić information content (AvgIpc) is 2.61. The quantitative estimate of drug-likeness (QED) is 0.808.